The lowest BCUT2D eigenvalue weighted by Gasteiger charge is -2.36. The van der Waals surface area contributed by atoms with E-state index in [0.29, 0.717) is 6.54 Å². The fourth-order valence-corrected chi connectivity index (χ4v) is 4.90. The third-order valence-electron chi connectivity index (χ3n) is 7.11. The van der Waals surface area contributed by atoms with Crippen LogP contribution in [0.15, 0.2) is 72.9 Å². The van der Waals surface area contributed by atoms with Gasteiger partial charge in [0.25, 0.3) is 5.91 Å². The van der Waals surface area contributed by atoms with Crippen molar-refractivity contribution >= 4 is 22.5 Å². The van der Waals surface area contributed by atoms with E-state index in [2.05, 4.69) is 61.1 Å². The van der Waals surface area contributed by atoms with Crippen molar-refractivity contribution < 1.29 is 4.79 Å². The minimum atomic E-state index is 0.0101. The summed E-state index contributed by atoms with van der Waals surface area (Å²) in [6, 6.07) is 22.8. The molecule has 3 heterocycles. The summed E-state index contributed by atoms with van der Waals surface area (Å²) >= 11 is 0. The van der Waals surface area contributed by atoms with Crippen molar-refractivity contribution in [3.63, 3.8) is 0 Å². The van der Waals surface area contributed by atoms with E-state index >= 15 is 0 Å². The first-order chi connectivity index (χ1) is 17.1. The van der Waals surface area contributed by atoms with E-state index in [-0.39, 0.29) is 5.91 Å². The van der Waals surface area contributed by atoms with Crippen LogP contribution in [0.3, 0.4) is 0 Å². The number of anilines is 1. The number of piperazine rings is 1. The normalized spacial score (nSPS) is 14.4. The lowest BCUT2D eigenvalue weighted by molar-refractivity contribution is 0.0950. The predicted molar refractivity (Wildman–Crippen MR) is 143 cm³/mol. The number of pyridine rings is 1. The number of carbonyl (C=O) groups excluding carboxylic acids is 1. The molecule has 0 spiro atoms. The number of fused-ring (bicyclic) bond motifs is 1. The van der Waals surface area contributed by atoms with E-state index in [0.717, 1.165) is 67.2 Å². The van der Waals surface area contributed by atoms with Gasteiger partial charge in [-0.25, -0.2) is 0 Å². The number of rotatable bonds is 7. The summed E-state index contributed by atoms with van der Waals surface area (Å²) in [6.45, 7) is 7.80. The minimum absolute atomic E-state index is 0.0101. The molecule has 5 rings (SSSR count). The van der Waals surface area contributed by atoms with Gasteiger partial charge in [-0.2, -0.15) is 0 Å². The van der Waals surface area contributed by atoms with Gasteiger partial charge in [0.1, 0.15) is 0 Å². The van der Waals surface area contributed by atoms with Crippen molar-refractivity contribution in [2.75, 3.05) is 44.2 Å². The number of amides is 1. The van der Waals surface area contributed by atoms with E-state index in [9.17, 15) is 4.79 Å². The van der Waals surface area contributed by atoms with Gasteiger partial charge in [0.05, 0.1) is 11.1 Å². The first-order valence-corrected chi connectivity index (χ1v) is 12.4. The zero-order valence-electron chi connectivity index (χ0n) is 20.6. The van der Waals surface area contributed by atoms with Gasteiger partial charge in [-0.3, -0.25) is 14.7 Å². The van der Waals surface area contributed by atoms with Crippen LogP contribution in [0, 0.1) is 6.92 Å². The Labute approximate surface area is 207 Å². The Morgan fingerprint density at radius 1 is 0.971 bits per heavy atom. The Morgan fingerprint density at radius 3 is 2.57 bits per heavy atom. The molecule has 1 fully saturated rings. The molecule has 0 aliphatic carbocycles. The molecule has 1 amide bonds. The number of nitrogens with one attached hydrogen (secondary N) is 1. The molecule has 1 N–H and O–H groups in total. The van der Waals surface area contributed by atoms with Crippen LogP contribution >= 0.6 is 0 Å². The molecule has 0 atom stereocenters. The third-order valence-corrected chi connectivity index (χ3v) is 7.11. The van der Waals surface area contributed by atoms with E-state index < -0.39 is 0 Å². The molecule has 6 nitrogen and oxygen atoms in total. The van der Waals surface area contributed by atoms with Crippen LogP contribution in [0.4, 0.5) is 5.69 Å². The Morgan fingerprint density at radius 2 is 1.77 bits per heavy atom. The summed E-state index contributed by atoms with van der Waals surface area (Å²) in [7, 11) is 2.02. The highest BCUT2D eigenvalue weighted by Crippen LogP contribution is 2.25. The maximum absolute atomic E-state index is 12.9. The number of hydrogen-bond acceptors (Lipinski definition) is 4. The summed E-state index contributed by atoms with van der Waals surface area (Å²) in [6.07, 6.45) is 2.79. The summed E-state index contributed by atoms with van der Waals surface area (Å²) in [5.41, 5.74) is 6.24. The SMILES string of the molecule is Cc1c(C(=O)NCCCN2CCN(c3ccc4ncccc4c3)CC2)cc(-c2ccccc2)n1C. The van der Waals surface area contributed by atoms with Crippen LogP contribution in [-0.4, -0.2) is 59.6 Å². The molecular formula is C29H33N5O. The average Bonchev–Trinajstić information content (AvgIpc) is 3.21. The van der Waals surface area contributed by atoms with Crippen molar-refractivity contribution in [2.45, 2.75) is 13.3 Å². The van der Waals surface area contributed by atoms with Crippen molar-refractivity contribution in [2.24, 2.45) is 7.05 Å². The highest BCUT2D eigenvalue weighted by Gasteiger charge is 2.18. The van der Waals surface area contributed by atoms with Gasteiger partial charge < -0.3 is 14.8 Å². The molecular weight excluding hydrogens is 434 g/mol. The van der Waals surface area contributed by atoms with Crippen LogP contribution in [-0.2, 0) is 7.05 Å². The smallest absolute Gasteiger partial charge is 0.253 e. The molecule has 2 aromatic carbocycles. The molecule has 1 saturated heterocycles. The summed E-state index contributed by atoms with van der Waals surface area (Å²) in [5.74, 6) is 0.0101. The number of hydrogen-bond donors (Lipinski definition) is 1. The molecule has 0 saturated carbocycles. The van der Waals surface area contributed by atoms with Gasteiger partial charge in [-0.05, 0) is 55.8 Å². The number of nitrogens with zero attached hydrogens (tertiary/aromatic N) is 4. The Bertz CT molecular complexity index is 1310. The van der Waals surface area contributed by atoms with Crippen molar-refractivity contribution in [1.29, 1.82) is 0 Å². The molecule has 0 unspecified atom stereocenters. The standard InChI is InChI=1S/C29H33N5O/c1-22-26(21-28(32(22)2)23-8-4-3-5-9-23)29(35)31-14-7-15-33-16-18-34(19-17-33)25-11-12-27-24(20-25)10-6-13-30-27/h3-6,8-13,20-21H,7,14-19H2,1-2H3,(H,31,35). The van der Waals surface area contributed by atoms with Gasteiger partial charge in [-0.15, -0.1) is 0 Å². The van der Waals surface area contributed by atoms with E-state index in [4.69, 9.17) is 0 Å². The quantitative estimate of drug-likeness (QED) is 0.407. The number of aromatic nitrogens is 2. The van der Waals surface area contributed by atoms with Gasteiger partial charge in [0, 0.05) is 68.4 Å². The topological polar surface area (TPSA) is 53.4 Å². The molecule has 4 aromatic rings. The van der Waals surface area contributed by atoms with E-state index in [1.54, 1.807) is 0 Å². The molecule has 35 heavy (non-hydrogen) atoms. The van der Waals surface area contributed by atoms with Gasteiger partial charge in [0.15, 0.2) is 0 Å². The maximum atomic E-state index is 12.9. The van der Waals surface area contributed by atoms with Crippen molar-refractivity contribution in [3.8, 4) is 11.3 Å². The molecule has 0 bridgehead atoms. The lowest BCUT2D eigenvalue weighted by atomic mass is 10.1. The van der Waals surface area contributed by atoms with E-state index in [1.165, 1.54) is 11.1 Å². The van der Waals surface area contributed by atoms with Crippen LogP contribution in [0.1, 0.15) is 22.5 Å². The molecule has 0 radical (unpaired) electrons. The largest absolute Gasteiger partial charge is 0.369 e. The fourth-order valence-electron chi connectivity index (χ4n) is 4.90. The van der Waals surface area contributed by atoms with E-state index in [1.807, 2.05) is 50.5 Å². The second-order valence-corrected chi connectivity index (χ2v) is 9.27. The molecule has 1 aliphatic rings. The third kappa shape index (κ3) is 5.08. The second kappa shape index (κ2) is 10.3. The summed E-state index contributed by atoms with van der Waals surface area (Å²) in [4.78, 5) is 22.2. The fraction of sp³-hybridized carbons (Fsp3) is 0.310. The highest BCUT2D eigenvalue weighted by atomic mass is 16.1. The first kappa shape index (κ1) is 23.1. The average molecular weight is 468 g/mol. The Hall–Kier alpha value is -3.64. The van der Waals surface area contributed by atoms with Crippen LogP contribution < -0.4 is 10.2 Å². The summed E-state index contributed by atoms with van der Waals surface area (Å²) < 4.78 is 2.09. The monoisotopic (exact) mass is 467 g/mol. The first-order valence-electron chi connectivity index (χ1n) is 12.4. The zero-order chi connectivity index (χ0) is 24.2. The summed E-state index contributed by atoms with van der Waals surface area (Å²) in [5, 5.41) is 4.32. The zero-order valence-corrected chi connectivity index (χ0v) is 20.6. The highest BCUT2D eigenvalue weighted by molar-refractivity contribution is 5.97. The van der Waals surface area contributed by atoms with Gasteiger partial charge in [0.2, 0.25) is 0 Å². The minimum Gasteiger partial charge on any atom is -0.369 e. The molecule has 1 aliphatic heterocycles. The Balaban J connectivity index is 1.09. The van der Waals surface area contributed by atoms with Crippen LogP contribution in [0.5, 0.6) is 0 Å². The number of benzene rings is 2. The lowest BCUT2D eigenvalue weighted by Crippen LogP contribution is -2.47. The van der Waals surface area contributed by atoms with Gasteiger partial charge >= 0.3 is 0 Å². The molecule has 180 valence electrons. The molecule has 6 heteroatoms. The molecule has 2 aromatic heterocycles. The van der Waals surface area contributed by atoms with Crippen LogP contribution in [0.25, 0.3) is 22.2 Å². The predicted octanol–water partition coefficient (Wildman–Crippen LogP) is 4.49. The Kier molecular flexibility index (Phi) is 6.82. The second-order valence-electron chi connectivity index (χ2n) is 9.27. The van der Waals surface area contributed by atoms with Crippen molar-refractivity contribution in [1.82, 2.24) is 19.8 Å². The number of carbonyl (C=O) groups is 1. The van der Waals surface area contributed by atoms with Crippen LogP contribution in [0.2, 0.25) is 0 Å². The van der Waals surface area contributed by atoms with Gasteiger partial charge in [-0.1, -0.05) is 36.4 Å². The van der Waals surface area contributed by atoms with Crippen molar-refractivity contribution in [3.05, 3.63) is 84.2 Å². The maximum Gasteiger partial charge on any atom is 0.253 e.